The molecule has 34 heavy (non-hydrogen) atoms. The average Bonchev–Trinajstić information content (AvgIpc) is 2.79. The Labute approximate surface area is 192 Å². The highest BCUT2D eigenvalue weighted by Gasteiger charge is 2.30. The van der Waals surface area contributed by atoms with Gasteiger partial charge in [-0.1, -0.05) is 36.4 Å². The lowest BCUT2D eigenvalue weighted by atomic mass is 10.0. The Bertz CT molecular complexity index is 1310. The van der Waals surface area contributed by atoms with Crippen LogP contribution in [0.2, 0.25) is 0 Å². The number of aromatic nitrogens is 1. The van der Waals surface area contributed by atoms with E-state index in [2.05, 4.69) is 10.3 Å². The molecule has 0 radical (unpaired) electrons. The van der Waals surface area contributed by atoms with E-state index in [1.165, 1.54) is 30.5 Å². The Balaban J connectivity index is 1.66. The second-order valence-electron chi connectivity index (χ2n) is 7.42. The fraction of sp³-hybridized carbons (Fsp3) is 0.0769. The van der Waals surface area contributed by atoms with Gasteiger partial charge in [0.15, 0.2) is 0 Å². The Morgan fingerprint density at radius 3 is 2.44 bits per heavy atom. The number of anilines is 1. The highest BCUT2D eigenvalue weighted by atomic mass is 19.4. The molecule has 4 nitrogen and oxygen atoms in total. The van der Waals surface area contributed by atoms with Gasteiger partial charge in [0, 0.05) is 29.6 Å². The fourth-order valence-electron chi connectivity index (χ4n) is 3.34. The summed E-state index contributed by atoms with van der Waals surface area (Å²) in [5, 5.41) is 2.76. The van der Waals surface area contributed by atoms with E-state index in [9.17, 15) is 22.4 Å². The van der Waals surface area contributed by atoms with Crippen molar-refractivity contribution in [3.63, 3.8) is 0 Å². The van der Waals surface area contributed by atoms with Crippen LogP contribution >= 0.6 is 0 Å². The molecular weight excluding hydrogens is 448 g/mol. The number of halogens is 4. The van der Waals surface area contributed by atoms with Crippen LogP contribution in [0.15, 0.2) is 91.1 Å². The van der Waals surface area contributed by atoms with Gasteiger partial charge in [0.1, 0.15) is 11.5 Å². The minimum absolute atomic E-state index is 0.0571. The molecule has 4 rings (SSSR count). The van der Waals surface area contributed by atoms with Gasteiger partial charge < -0.3 is 10.1 Å². The molecule has 0 saturated carbocycles. The summed E-state index contributed by atoms with van der Waals surface area (Å²) in [5.74, 6) is -0.914. The average molecular weight is 466 g/mol. The van der Waals surface area contributed by atoms with E-state index in [0.717, 1.165) is 17.7 Å². The van der Waals surface area contributed by atoms with Crippen LogP contribution in [0.1, 0.15) is 11.1 Å². The number of hydrogen-bond donors (Lipinski definition) is 1. The quantitative estimate of drug-likeness (QED) is 0.249. The molecule has 1 amide bonds. The number of hydrogen-bond acceptors (Lipinski definition) is 3. The summed E-state index contributed by atoms with van der Waals surface area (Å²) in [7, 11) is 0. The van der Waals surface area contributed by atoms with E-state index in [0.29, 0.717) is 16.8 Å². The number of benzene rings is 3. The highest BCUT2D eigenvalue weighted by Crippen LogP contribution is 2.38. The lowest BCUT2D eigenvalue weighted by molar-refractivity contribution is -0.137. The van der Waals surface area contributed by atoms with E-state index in [1.54, 1.807) is 18.2 Å². The van der Waals surface area contributed by atoms with Crippen molar-refractivity contribution in [2.45, 2.75) is 12.6 Å². The van der Waals surface area contributed by atoms with Crippen molar-refractivity contribution < 1.29 is 27.1 Å². The van der Waals surface area contributed by atoms with Crippen molar-refractivity contribution in [2.24, 2.45) is 0 Å². The van der Waals surface area contributed by atoms with Gasteiger partial charge in [-0.25, -0.2) is 4.98 Å². The molecule has 3 aromatic carbocycles. The molecular formula is C26H18F4N2O2. The molecule has 1 heterocycles. The Kier molecular flexibility index (Phi) is 6.58. The van der Waals surface area contributed by atoms with E-state index in [-0.39, 0.29) is 23.8 Å². The molecule has 1 aromatic heterocycles. The van der Waals surface area contributed by atoms with Crippen LogP contribution in [-0.4, -0.2) is 10.9 Å². The van der Waals surface area contributed by atoms with Crippen LogP contribution in [0.3, 0.4) is 0 Å². The van der Waals surface area contributed by atoms with Crippen molar-refractivity contribution in [3.8, 4) is 22.6 Å². The molecule has 1 N–H and O–H groups in total. The molecule has 0 bridgehead atoms. The van der Waals surface area contributed by atoms with Crippen LogP contribution < -0.4 is 10.1 Å². The number of amides is 1. The molecule has 0 aliphatic heterocycles. The molecule has 0 aliphatic rings. The minimum atomic E-state index is -4.54. The normalized spacial score (nSPS) is 11.2. The fourth-order valence-corrected chi connectivity index (χ4v) is 3.34. The third-order valence-electron chi connectivity index (χ3n) is 4.90. The number of nitrogens with zero attached hydrogens (tertiary/aromatic N) is 1. The zero-order valence-electron chi connectivity index (χ0n) is 17.6. The number of carbonyl (C=O) groups is 1. The van der Waals surface area contributed by atoms with Crippen LogP contribution in [0.4, 0.5) is 23.2 Å². The summed E-state index contributed by atoms with van der Waals surface area (Å²) < 4.78 is 58.9. The Morgan fingerprint density at radius 1 is 0.912 bits per heavy atom. The Morgan fingerprint density at radius 2 is 1.71 bits per heavy atom. The molecule has 0 fully saturated rings. The summed E-state index contributed by atoms with van der Waals surface area (Å²) >= 11 is 0. The molecule has 0 unspecified atom stereocenters. The number of pyridine rings is 1. The summed E-state index contributed by atoms with van der Waals surface area (Å²) in [6.45, 7) is 0. The van der Waals surface area contributed by atoms with Crippen molar-refractivity contribution in [1.82, 2.24) is 4.98 Å². The largest absolute Gasteiger partial charge is 0.457 e. The molecule has 172 valence electrons. The first-order valence-electron chi connectivity index (χ1n) is 10.2. The maximum atomic E-state index is 13.7. The molecule has 0 aliphatic carbocycles. The van der Waals surface area contributed by atoms with Gasteiger partial charge in [-0.15, -0.1) is 0 Å². The third-order valence-corrected chi connectivity index (χ3v) is 4.90. The Hall–Kier alpha value is -4.20. The summed E-state index contributed by atoms with van der Waals surface area (Å²) in [5.41, 5.74) is 1.16. The van der Waals surface area contributed by atoms with Crippen molar-refractivity contribution in [2.75, 3.05) is 5.32 Å². The lowest BCUT2D eigenvalue weighted by Gasteiger charge is -2.15. The molecule has 0 atom stereocenters. The highest BCUT2D eigenvalue weighted by molar-refractivity contribution is 5.93. The summed E-state index contributed by atoms with van der Waals surface area (Å²) in [4.78, 5) is 16.0. The van der Waals surface area contributed by atoms with E-state index >= 15 is 0 Å². The molecule has 4 aromatic rings. The van der Waals surface area contributed by atoms with E-state index in [1.807, 2.05) is 30.3 Å². The van der Waals surface area contributed by atoms with Gasteiger partial charge in [0.05, 0.1) is 12.0 Å². The van der Waals surface area contributed by atoms with Crippen molar-refractivity contribution >= 4 is 11.6 Å². The predicted octanol–water partition coefficient (Wildman–Crippen LogP) is 6.88. The number of ether oxygens (including phenoxy) is 1. The summed E-state index contributed by atoms with van der Waals surface area (Å²) in [6, 6.07) is 21.0. The lowest BCUT2D eigenvalue weighted by Crippen LogP contribution is -2.14. The van der Waals surface area contributed by atoms with Crippen molar-refractivity contribution in [3.05, 3.63) is 108 Å². The van der Waals surface area contributed by atoms with Gasteiger partial charge in [-0.2, -0.15) is 17.6 Å². The first-order valence-corrected chi connectivity index (χ1v) is 10.2. The van der Waals surface area contributed by atoms with Crippen LogP contribution in [0.25, 0.3) is 11.1 Å². The van der Waals surface area contributed by atoms with E-state index < -0.39 is 17.7 Å². The first kappa shape index (κ1) is 23.0. The number of carbonyl (C=O) groups excluding carboxylic acids is 1. The third kappa shape index (κ3) is 5.78. The van der Waals surface area contributed by atoms with Gasteiger partial charge in [-0.3, -0.25) is 4.79 Å². The minimum Gasteiger partial charge on any atom is -0.457 e. The van der Waals surface area contributed by atoms with Crippen molar-refractivity contribution in [1.29, 1.82) is 0 Å². The van der Waals surface area contributed by atoms with Crippen LogP contribution in [0, 0.1) is 5.95 Å². The van der Waals surface area contributed by atoms with Gasteiger partial charge in [-0.05, 0) is 47.5 Å². The van der Waals surface area contributed by atoms with Crippen LogP contribution in [-0.2, 0) is 17.4 Å². The zero-order chi connectivity index (χ0) is 24.1. The van der Waals surface area contributed by atoms with Gasteiger partial charge >= 0.3 is 6.18 Å². The number of alkyl halides is 3. The zero-order valence-corrected chi connectivity index (χ0v) is 17.6. The molecule has 8 heteroatoms. The smallest absolute Gasteiger partial charge is 0.416 e. The van der Waals surface area contributed by atoms with Gasteiger partial charge in [0.2, 0.25) is 11.9 Å². The van der Waals surface area contributed by atoms with Crippen LogP contribution in [0.5, 0.6) is 11.5 Å². The molecule has 0 spiro atoms. The SMILES string of the molecule is O=C(Cc1ccccc1)Nc1ccc(-c2ccnc(F)c2)c(Oc2cccc(C(F)(F)F)c2)c1. The monoisotopic (exact) mass is 466 g/mol. The topological polar surface area (TPSA) is 51.2 Å². The van der Waals surface area contributed by atoms with Gasteiger partial charge in [0.25, 0.3) is 0 Å². The second kappa shape index (κ2) is 9.74. The second-order valence-corrected chi connectivity index (χ2v) is 7.42. The maximum Gasteiger partial charge on any atom is 0.416 e. The maximum absolute atomic E-state index is 13.7. The summed E-state index contributed by atoms with van der Waals surface area (Å²) in [6.07, 6.45) is -3.13. The number of nitrogens with one attached hydrogen (secondary N) is 1. The predicted molar refractivity (Wildman–Crippen MR) is 120 cm³/mol. The number of rotatable bonds is 6. The first-order chi connectivity index (χ1) is 16.3. The molecule has 0 saturated heterocycles. The standard InChI is InChI=1S/C26H18F4N2O2/c27-24-14-18(11-12-31-24)22-10-9-20(32-25(33)13-17-5-2-1-3-6-17)16-23(22)34-21-8-4-7-19(15-21)26(28,29)30/h1-12,14-16H,13H2,(H,32,33). The van der Waals surface area contributed by atoms with E-state index in [4.69, 9.17) is 4.74 Å².